The van der Waals surface area contributed by atoms with Crippen LogP contribution in [0.5, 0.6) is 5.75 Å². The Balaban J connectivity index is 0.000000324. The molecule has 1 saturated heterocycles. The minimum atomic E-state index is -1.17. The molecule has 0 atom stereocenters. The maximum absolute atomic E-state index is 11.4. The first kappa shape index (κ1) is 25.6. The second-order valence-corrected chi connectivity index (χ2v) is 6.44. The first-order chi connectivity index (χ1) is 14.1. The Morgan fingerprint density at radius 3 is 2.40 bits per heavy atom. The summed E-state index contributed by atoms with van der Waals surface area (Å²) in [4.78, 5) is 16.7. The number of hydrogen-bond acceptors (Lipinski definition) is 6. The molecule has 0 bridgehead atoms. The fourth-order valence-corrected chi connectivity index (χ4v) is 2.69. The number of hydrogen-bond donors (Lipinski definition) is 0. The minimum Gasteiger partial charge on any atom is -0.872 e. The van der Waals surface area contributed by atoms with Gasteiger partial charge in [-0.1, -0.05) is 60.7 Å². The molecular formula is C23H26CuN2O4. The Morgan fingerprint density at radius 2 is 1.73 bits per heavy atom. The van der Waals surface area contributed by atoms with Gasteiger partial charge in [-0.25, -0.2) is 0 Å². The number of nitrogens with zero attached hydrogens (tertiary/aromatic N) is 2. The Morgan fingerprint density at radius 1 is 1.07 bits per heavy atom. The molecule has 3 rings (SSSR count). The van der Waals surface area contributed by atoms with Crippen molar-refractivity contribution in [1.82, 2.24) is 4.90 Å². The molecule has 0 unspecified atom stereocenters. The Kier molecular flexibility index (Phi) is 13.1. The van der Waals surface area contributed by atoms with Gasteiger partial charge in [0, 0.05) is 32.4 Å². The number of morpholine rings is 1. The van der Waals surface area contributed by atoms with E-state index in [1.165, 1.54) is 6.08 Å². The van der Waals surface area contributed by atoms with Crippen LogP contribution in [0.1, 0.15) is 17.5 Å². The van der Waals surface area contributed by atoms with Crippen molar-refractivity contribution in [3.05, 3.63) is 71.8 Å². The summed E-state index contributed by atoms with van der Waals surface area (Å²) >= 11 is 0. The van der Waals surface area contributed by atoms with Gasteiger partial charge in [0.2, 0.25) is 0 Å². The molecule has 0 amide bonds. The van der Waals surface area contributed by atoms with Gasteiger partial charge in [0.25, 0.3) is 0 Å². The van der Waals surface area contributed by atoms with E-state index >= 15 is 0 Å². The Hall–Kier alpha value is -2.44. The Labute approximate surface area is 188 Å². The van der Waals surface area contributed by atoms with Crippen molar-refractivity contribution >= 4 is 18.3 Å². The average Bonchev–Trinajstić information content (AvgIpc) is 2.75. The maximum Gasteiger partial charge on any atom is 2.00 e. The molecule has 0 aliphatic carbocycles. The third kappa shape index (κ3) is 10.9. The zero-order chi connectivity index (χ0) is 20.7. The third-order valence-corrected chi connectivity index (χ3v) is 4.23. The Bertz CT molecular complexity index is 791. The molecule has 1 radical (unpaired) electrons. The number of carbonyl (C=O) groups excluding carboxylic acids is 1. The molecule has 2 aromatic carbocycles. The molecule has 0 N–H and O–H groups in total. The first-order valence-electron chi connectivity index (χ1n) is 9.65. The summed E-state index contributed by atoms with van der Waals surface area (Å²) < 4.78 is 5.29. The van der Waals surface area contributed by atoms with Gasteiger partial charge in [0.15, 0.2) is 0 Å². The topological polar surface area (TPSA) is 88.0 Å². The number of carboxylic acids is 1. The van der Waals surface area contributed by atoms with Crippen LogP contribution in [0, 0.1) is 0 Å². The summed E-state index contributed by atoms with van der Waals surface area (Å²) in [6.45, 7) is 5.55. The van der Waals surface area contributed by atoms with E-state index < -0.39 is 5.97 Å². The molecule has 1 fully saturated rings. The zero-order valence-electron chi connectivity index (χ0n) is 16.7. The number of carbonyl (C=O) groups is 1. The molecule has 0 aromatic heterocycles. The number of ether oxygens (including phenoxy) is 1. The summed E-state index contributed by atoms with van der Waals surface area (Å²) in [5.74, 6) is -1.14. The largest absolute Gasteiger partial charge is 2.00 e. The van der Waals surface area contributed by atoms with E-state index in [1.807, 2.05) is 36.4 Å². The second kappa shape index (κ2) is 15.4. The van der Waals surface area contributed by atoms with E-state index in [-0.39, 0.29) is 22.8 Å². The van der Waals surface area contributed by atoms with Gasteiger partial charge in [-0.15, -0.1) is 5.75 Å². The molecule has 1 aliphatic rings. The average molecular weight is 458 g/mol. The van der Waals surface area contributed by atoms with Gasteiger partial charge >= 0.3 is 17.1 Å². The van der Waals surface area contributed by atoms with E-state index in [0.717, 1.165) is 57.5 Å². The second-order valence-electron chi connectivity index (χ2n) is 6.44. The minimum absolute atomic E-state index is 0. The van der Waals surface area contributed by atoms with Gasteiger partial charge < -0.3 is 19.7 Å². The van der Waals surface area contributed by atoms with E-state index in [1.54, 1.807) is 24.4 Å². The van der Waals surface area contributed by atoms with Crippen LogP contribution in [-0.2, 0) is 26.6 Å². The summed E-state index contributed by atoms with van der Waals surface area (Å²) in [5, 5.41) is 21.4. The van der Waals surface area contributed by atoms with Crippen LogP contribution in [0.2, 0.25) is 0 Å². The number of para-hydroxylation sites is 1. The molecular weight excluding hydrogens is 432 g/mol. The SMILES string of the molecule is O=C([O-])/C=C/c1ccccc1.[Cu+2].[O-]c1ccccc1C=NCCCN1CCOCC1. The first-order valence-corrected chi connectivity index (χ1v) is 9.65. The van der Waals surface area contributed by atoms with Crippen LogP contribution >= 0.6 is 0 Å². The molecule has 2 aromatic rings. The summed E-state index contributed by atoms with van der Waals surface area (Å²) in [7, 11) is 0. The van der Waals surface area contributed by atoms with Crippen LogP contribution in [0.15, 0.2) is 65.7 Å². The normalized spacial score (nSPS) is 14.1. The van der Waals surface area contributed by atoms with Crippen molar-refractivity contribution in [3.8, 4) is 5.75 Å². The predicted octanol–water partition coefficient (Wildman–Crippen LogP) is 1.35. The number of aliphatic carboxylic acids is 1. The number of benzene rings is 2. The monoisotopic (exact) mass is 457 g/mol. The van der Waals surface area contributed by atoms with Gasteiger partial charge in [-0.05, 0) is 23.6 Å². The van der Waals surface area contributed by atoms with E-state index in [2.05, 4.69) is 9.89 Å². The summed E-state index contributed by atoms with van der Waals surface area (Å²) in [6, 6.07) is 16.2. The molecule has 163 valence electrons. The number of carboxylic acid groups (broad SMARTS) is 1. The van der Waals surface area contributed by atoms with Crippen molar-refractivity contribution in [2.75, 3.05) is 39.4 Å². The fourth-order valence-electron chi connectivity index (χ4n) is 2.69. The van der Waals surface area contributed by atoms with Gasteiger partial charge in [0.05, 0.1) is 19.2 Å². The van der Waals surface area contributed by atoms with E-state index in [0.29, 0.717) is 5.56 Å². The number of rotatable bonds is 7. The predicted molar refractivity (Wildman–Crippen MR) is 111 cm³/mol. The molecule has 1 aliphatic heterocycles. The molecule has 6 nitrogen and oxygen atoms in total. The standard InChI is InChI=1S/C14H20N2O2.C9H8O2.Cu/c17-14-5-2-1-4-13(14)12-15-6-3-7-16-8-10-18-11-9-16;10-9(11)7-6-8-4-2-1-3-5-8;/h1-2,4-5,12,17H,3,6-11H2;1-7H,(H,10,11);/q;;+2/p-2/b;7-6+;. The van der Waals surface area contributed by atoms with Crippen molar-refractivity contribution in [2.45, 2.75) is 6.42 Å². The van der Waals surface area contributed by atoms with Gasteiger partial charge in [0.1, 0.15) is 0 Å². The quantitative estimate of drug-likeness (QED) is 0.271. The van der Waals surface area contributed by atoms with Gasteiger partial charge in [-0.3, -0.25) is 9.89 Å². The number of aliphatic imine (C=N–C) groups is 1. The van der Waals surface area contributed by atoms with Crippen LogP contribution in [0.25, 0.3) is 6.08 Å². The molecule has 0 saturated carbocycles. The molecule has 7 heteroatoms. The van der Waals surface area contributed by atoms with Crippen LogP contribution in [0.3, 0.4) is 0 Å². The fraction of sp³-hybridized carbons (Fsp3) is 0.304. The maximum atomic E-state index is 11.4. The van der Waals surface area contributed by atoms with Crippen LogP contribution in [0.4, 0.5) is 0 Å². The van der Waals surface area contributed by atoms with Crippen molar-refractivity contribution in [1.29, 1.82) is 0 Å². The summed E-state index contributed by atoms with van der Waals surface area (Å²) in [6.07, 6.45) is 5.21. The van der Waals surface area contributed by atoms with E-state index in [4.69, 9.17) is 4.74 Å². The van der Waals surface area contributed by atoms with Gasteiger partial charge in [-0.2, -0.15) is 0 Å². The van der Waals surface area contributed by atoms with Crippen molar-refractivity contribution in [2.24, 2.45) is 4.99 Å². The van der Waals surface area contributed by atoms with Crippen LogP contribution in [-0.4, -0.2) is 56.5 Å². The molecule has 0 spiro atoms. The van der Waals surface area contributed by atoms with Crippen LogP contribution < -0.4 is 10.2 Å². The smallest absolute Gasteiger partial charge is 0.872 e. The summed E-state index contributed by atoms with van der Waals surface area (Å²) in [5.41, 5.74) is 1.53. The van der Waals surface area contributed by atoms with E-state index in [9.17, 15) is 15.0 Å². The third-order valence-electron chi connectivity index (χ3n) is 4.23. The van der Waals surface area contributed by atoms with Crippen molar-refractivity contribution < 1.29 is 36.8 Å². The molecule has 1 heterocycles. The molecule has 30 heavy (non-hydrogen) atoms. The zero-order valence-corrected chi connectivity index (χ0v) is 17.6. The van der Waals surface area contributed by atoms with Crippen molar-refractivity contribution in [3.63, 3.8) is 0 Å².